The number of carboxylic acid groups (broad SMARTS) is 1. The van der Waals surface area contributed by atoms with Crippen molar-refractivity contribution in [3.63, 3.8) is 0 Å². The van der Waals surface area contributed by atoms with Crippen molar-refractivity contribution in [1.29, 1.82) is 0 Å². The number of aliphatic carboxylic acids is 1. The molecule has 0 unspecified atom stereocenters. The topological polar surface area (TPSA) is 90.5 Å². The molecule has 2 heterocycles. The van der Waals surface area contributed by atoms with Gasteiger partial charge in [-0.15, -0.1) is 0 Å². The van der Waals surface area contributed by atoms with Gasteiger partial charge in [-0.3, -0.25) is 14.4 Å². The molecule has 0 bridgehead atoms. The van der Waals surface area contributed by atoms with Gasteiger partial charge in [-0.1, -0.05) is 30.3 Å². The molecule has 2 aromatic rings. The lowest BCUT2D eigenvalue weighted by atomic mass is 9.64. The van der Waals surface area contributed by atoms with Crippen LogP contribution in [0.5, 0.6) is 0 Å². The molecule has 146 valence electrons. The van der Waals surface area contributed by atoms with Crippen molar-refractivity contribution < 1.29 is 14.7 Å². The number of carboxylic acids is 1. The van der Waals surface area contributed by atoms with Crippen molar-refractivity contribution in [2.24, 2.45) is 11.3 Å². The Labute approximate surface area is 163 Å². The van der Waals surface area contributed by atoms with Crippen molar-refractivity contribution in [2.45, 2.75) is 32.1 Å². The molecule has 3 atom stereocenters. The van der Waals surface area contributed by atoms with E-state index in [0.29, 0.717) is 24.6 Å². The second-order valence-electron chi connectivity index (χ2n) is 8.11. The first-order valence-electron chi connectivity index (χ1n) is 9.68. The minimum atomic E-state index is -0.918. The van der Waals surface area contributed by atoms with Crippen molar-refractivity contribution >= 4 is 11.9 Å². The smallest absolute Gasteiger partial charge is 0.311 e. The Morgan fingerprint density at radius 1 is 1.18 bits per heavy atom. The van der Waals surface area contributed by atoms with Gasteiger partial charge in [0.05, 0.1) is 5.41 Å². The van der Waals surface area contributed by atoms with Gasteiger partial charge in [-0.05, 0) is 55.7 Å². The molecule has 6 nitrogen and oxygen atoms in total. The van der Waals surface area contributed by atoms with Gasteiger partial charge in [0.15, 0.2) is 0 Å². The maximum atomic E-state index is 13.0. The fourth-order valence-electron chi connectivity index (χ4n) is 4.89. The lowest BCUT2D eigenvalue weighted by molar-refractivity contribution is -0.152. The molecule has 2 aliphatic rings. The monoisotopic (exact) mass is 380 g/mol. The van der Waals surface area contributed by atoms with E-state index in [4.69, 9.17) is 0 Å². The Balaban J connectivity index is 1.60. The summed E-state index contributed by atoms with van der Waals surface area (Å²) in [6.07, 6.45) is 2.07. The van der Waals surface area contributed by atoms with Crippen LogP contribution in [-0.4, -0.2) is 40.0 Å². The van der Waals surface area contributed by atoms with Crippen LogP contribution in [0.3, 0.4) is 0 Å². The minimum absolute atomic E-state index is 0.0735. The number of aromatic nitrogens is 1. The summed E-state index contributed by atoms with van der Waals surface area (Å²) >= 11 is 0. The lowest BCUT2D eigenvalue weighted by Crippen LogP contribution is -2.43. The number of fused-ring (bicyclic) bond motifs is 1. The van der Waals surface area contributed by atoms with Gasteiger partial charge in [0, 0.05) is 18.8 Å². The Kier molecular flexibility index (Phi) is 4.57. The van der Waals surface area contributed by atoms with Crippen LogP contribution in [0.25, 0.3) is 0 Å². The summed E-state index contributed by atoms with van der Waals surface area (Å²) < 4.78 is 0. The molecular weight excluding hydrogens is 356 g/mol. The Bertz CT molecular complexity index is 968. The molecule has 4 rings (SSSR count). The summed E-state index contributed by atoms with van der Waals surface area (Å²) in [6, 6.07) is 13.4. The van der Waals surface area contributed by atoms with E-state index < -0.39 is 16.9 Å². The minimum Gasteiger partial charge on any atom is -0.481 e. The van der Waals surface area contributed by atoms with Gasteiger partial charge in [0.25, 0.3) is 11.5 Å². The summed E-state index contributed by atoms with van der Waals surface area (Å²) in [5.74, 6) is -1.03. The van der Waals surface area contributed by atoms with E-state index in [1.165, 1.54) is 11.6 Å². The number of carbonyl (C=O) groups is 2. The molecule has 28 heavy (non-hydrogen) atoms. The molecule has 1 aliphatic heterocycles. The highest BCUT2D eigenvalue weighted by Gasteiger charge is 2.56. The number of H-pyrrole nitrogens is 1. The van der Waals surface area contributed by atoms with E-state index in [0.717, 1.165) is 12.8 Å². The number of carbonyl (C=O) groups excluding carboxylic acids is 1. The van der Waals surface area contributed by atoms with E-state index in [1.807, 2.05) is 18.2 Å². The third-order valence-electron chi connectivity index (χ3n) is 6.47. The second-order valence-corrected chi connectivity index (χ2v) is 8.11. The molecular formula is C22H24N2O4. The number of rotatable bonds is 3. The van der Waals surface area contributed by atoms with Crippen molar-refractivity contribution in [3.05, 3.63) is 69.6 Å². The quantitative estimate of drug-likeness (QED) is 0.857. The van der Waals surface area contributed by atoms with Crippen molar-refractivity contribution in [3.8, 4) is 0 Å². The van der Waals surface area contributed by atoms with Gasteiger partial charge in [-0.2, -0.15) is 0 Å². The molecule has 0 radical (unpaired) electrons. The maximum Gasteiger partial charge on any atom is 0.311 e. The third-order valence-corrected chi connectivity index (χ3v) is 6.47. The van der Waals surface area contributed by atoms with E-state index >= 15 is 0 Å². The molecule has 1 saturated carbocycles. The van der Waals surface area contributed by atoms with Gasteiger partial charge in [-0.25, -0.2) is 0 Å². The van der Waals surface area contributed by atoms with Crippen molar-refractivity contribution in [2.75, 3.05) is 13.1 Å². The second kappa shape index (κ2) is 6.93. The van der Waals surface area contributed by atoms with E-state index in [2.05, 4.69) is 17.1 Å². The zero-order chi connectivity index (χ0) is 19.9. The molecule has 1 aromatic carbocycles. The molecule has 1 amide bonds. The van der Waals surface area contributed by atoms with Crippen LogP contribution in [0.4, 0.5) is 0 Å². The van der Waals surface area contributed by atoms with Crippen LogP contribution >= 0.6 is 0 Å². The maximum absolute atomic E-state index is 13.0. The number of aromatic amines is 1. The largest absolute Gasteiger partial charge is 0.481 e. The van der Waals surface area contributed by atoms with E-state index in [1.54, 1.807) is 17.9 Å². The highest BCUT2D eigenvalue weighted by molar-refractivity contribution is 5.94. The van der Waals surface area contributed by atoms with Gasteiger partial charge in [0.1, 0.15) is 5.56 Å². The summed E-state index contributed by atoms with van der Waals surface area (Å²) in [4.78, 5) is 41.6. The number of aryl methyl sites for hydroxylation is 1. The molecule has 2 fully saturated rings. The zero-order valence-corrected chi connectivity index (χ0v) is 15.9. The van der Waals surface area contributed by atoms with Crippen LogP contribution in [-0.2, 0) is 4.79 Å². The first-order chi connectivity index (χ1) is 13.4. The molecule has 1 saturated heterocycles. The molecule has 2 N–H and O–H groups in total. The van der Waals surface area contributed by atoms with E-state index in [-0.39, 0.29) is 23.9 Å². The Morgan fingerprint density at radius 3 is 2.61 bits per heavy atom. The third kappa shape index (κ3) is 3.03. The number of nitrogens with zero attached hydrogens (tertiary/aromatic N) is 1. The van der Waals surface area contributed by atoms with Crippen LogP contribution in [0.2, 0.25) is 0 Å². The summed E-state index contributed by atoms with van der Waals surface area (Å²) in [6.45, 7) is 2.30. The predicted octanol–water partition coefficient (Wildman–Crippen LogP) is 2.79. The van der Waals surface area contributed by atoms with Gasteiger partial charge in [0.2, 0.25) is 0 Å². The fourth-order valence-corrected chi connectivity index (χ4v) is 4.89. The molecule has 1 aliphatic carbocycles. The highest BCUT2D eigenvalue weighted by atomic mass is 16.4. The summed E-state index contributed by atoms with van der Waals surface area (Å²) in [7, 11) is 0. The van der Waals surface area contributed by atoms with Gasteiger partial charge < -0.3 is 15.0 Å². The Hall–Kier alpha value is -2.89. The number of hydrogen-bond donors (Lipinski definition) is 2. The average Bonchev–Trinajstić information content (AvgIpc) is 3.08. The zero-order valence-electron chi connectivity index (χ0n) is 15.9. The number of hydrogen-bond acceptors (Lipinski definition) is 3. The van der Waals surface area contributed by atoms with Crippen LogP contribution < -0.4 is 5.56 Å². The van der Waals surface area contributed by atoms with Crippen LogP contribution in [0.1, 0.15) is 46.8 Å². The standard InChI is InChI=1S/C22H24N2O4/c1-14-7-8-18(19(25)23-14)20(26)24-12-17-11-16(15-5-3-2-4-6-15)9-10-22(17,13-24)21(27)28/h2-8,16-17H,9-13H2,1H3,(H,23,25)(H,27,28)/t16-,17-,22-/m0/s1. The average molecular weight is 380 g/mol. The lowest BCUT2D eigenvalue weighted by Gasteiger charge is -2.38. The number of amides is 1. The first-order valence-corrected chi connectivity index (χ1v) is 9.68. The normalized spacial score (nSPS) is 26.7. The van der Waals surface area contributed by atoms with Crippen LogP contribution in [0.15, 0.2) is 47.3 Å². The number of benzene rings is 1. The molecule has 0 spiro atoms. The predicted molar refractivity (Wildman–Crippen MR) is 104 cm³/mol. The van der Waals surface area contributed by atoms with Crippen LogP contribution in [0, 0.1) is 18.3 Å². The molecule has 1 aromatic heterocycles. The Morgan fingerprint density at radius 2 is 1.93 bits per heavy atom. The fraction of sp³-hybridized carbons (Fsp3) is 0.409. The van der Waals surface area contributed by atoms with E-state index in [9.17, 15) is 19.5 Å². The summed E-state index contributed by atoms with van der Waals surface area (Å²) in [5, 5.41) is 10.0. The number of pyridine rings is 1. The van der Waals surface area contributed by atoms with Gasteiger partial charge >= 0.3 is 5.97 Å². The SMILES string of the molecule is Cc1ccc(C(=O)N2C[C@@H]3C[C@@H](c4ccccc4)CC[C@]3(C(=O)O)C2)c(=O)[nH]1. The highest BCUT2D eigenvalue weighted by Crippen LogP contribution is 2.51. The number of nitrogens with one attached hydrogen (secondary N) is 1. The molecule has 6 heteroatoms. The first kappa shape index (κ1) is 18.5. The van der Waals surface area contributed by atoms with Crippen molar-refractivity contribution in [1.82, 2.24) is 9.88 Å². The summed E-state index contributed by atoms with van der Waals surface area (Å²) in [5.41, 5.74) is 0.639. The number of likely N-dealkylation sites (tertiary alicyclic amines) is 1.